The van der Waals surface area contributed by atoms with E-state index in [0.717, 1.165) is 32.7 Å². The van der Waals surface area contributed by atoms with Gasteiger partial charge in [0.1, 0.15) is 0 Å². The molecule has 0 aromatic heterocycles. The van der Waals surface area contributed by atoms with Crippen molar-refractivity contribution in [3.05, 3.63) is 48.6 Å². The molecule has 25 heavy (non-hydrogen) atoms. The molecule has 6 heteroatoms. The van der Waals surface area contributed by atoms with Crippen LogP contribution in [0.1, 0.15) is 19.4 Å². The van der Waals surface area contributed by atoms with Crippen LogP contribution in [-0.2, 0) is 11.3 Å². The zero-order valence-electron chi connectivity index (χ0n) is 15.3. The van der Waals surface area contributed by atoms with Gasteiger partial charge >= 0.3 is 0 Å². The predicted octanol–water partition coefficient (Wildman–Crippen LogP) is 2.99. The number of ether oxygens (including phenoxy) is 1. The van der Waals surface area contributed by atoms with E-state index in [1.54, 1.807) is 6.08 Å². The maximum Gasteiger partial charge on any atom is 0.0900 e. The van der Waals surface area contributed by atoms with Crippen molar-refractivity contribution >= 4 is 24.8 Å². The van der Waals surface area contributed by atoms with E-state index in [4.69, 9.17) is 4.74 Å². The number of halogens is 2. The van der Waals surface area contributed by atoms with Crippen LogP contribution < -0.4 is 0 Å². The first-order valence-electron chi connectivity index (χ1n) is 8.43. The molecule has 1 aliphatic rings. The van der Waals surface area contributed by atoms with E-state index in [1.165, 1.54) is 5.56 Å². The zero-order chi connectivity index (χ0) is 16.7. The lowest BCUT2D eigenvalue weighted by molar-refractivity contribution is -0.0451. The van der Waals surface area contributed by atoms with Crippen LogP contribution in [-0.4, -0.2) is 65.9 Å². The number of rotatable bonds is 8. The molecule has 1 atom stereocenters. The summed E-state index contributed by atoms with van der Waals surface area (Å²) in [6.45, 7) is 13.8. The van der Waals surface area contributed by atoms with Gasteiger partial charge in [-0.1, -0.05) is 36.4 Å². The molecule has 0 radical (unpaired) electrons. The van der Waals surface area contributed by atoms with Gasteiger partial charge in [0, 0.05) is 39.3 Å². The molecule has 1 fully saturated rings. The second-order valence-electron chi connectivity index (χ2n) is 6.83. The Hall–Kier alpha value is -0.620. The quantitative estimate of drug-likeness (QED) is 0.692. The van der Waals surface area contributed by atoms with Crippen molar-refractivity contribution in [2.24, 2.45) is 0 Å². The molecule has 0 amide bonds. The average Bonchev–Trinajstić information content (AvgIpc) is 2.56. The Morgan fingerprint density at radius 3 is 2.24 bits per heavy atom. The molecule has 1 unspecified atom stereocenters. The highest BCUT2D eigenvalue weighted by molar-refractivity contribution is 5.85. The Bertz CT molecular complexity index is 478. The standard InChI is InChI=1S/C19H30N2O2.2ClH/c1-4-19(2,3)23-16-18(22)15-21-12-10-20(11-13-21)14-17-8-6-5-7-9-17;;/h4-9,18,22H,1,10-16H2,2-3H3;2*1H. The molecule has 1 aromatic carbocycles. The molecular formula is C19H32Cl2N2O2. The number of hydrogen-bond donors (Lipinski definition) is 1. The van der Waals surface area contributed by atoms with Crippen molar-refractivity contribution in [2.75, 3.05) is 39.3 Å². The van der Waals surface area contributed by atoms with Crippen LogP contribution in [0.15, 0.2) is 43.0 Å². The van der Waals surface area contributed by atoms with Crippen molar-refractivity contribution < 1.29 is 9.84 Å². The van der Waals surface area contributed by atoms with E-state index in [9.17, 15) is 5.11 Å². The Kier molecular flexibility index (Phi) is 11.6. The molecule has 1 aliphatic heterocycles. The zero-order valence-corrected chi connectivity index (χ0v) is 16.9. The highest BCUT2D eigenvalue weighted by atomic mass is 35.5. The van der Waals surface area contributed by atoms with Crippen LogP contribution in [0.25, 0.3) is 0 Å². The molecule has 1 aromatic rings. The molecule has 0 spiro atoms. The lowest BCUT2D eigenvalue weighted by atomic mass is 10.1. The molecule has 1 heterocycles. The summed E-state index contributed by atoms with van der Waals surface area (Å²) in [6, 6.07) is 10.6. The molecule has 1 saturated heterocycles. The van der Waals surface area contributed by atoms with E-state index >= 15 is 0 Å². The summed E-state index contributed by atoms with van der Waals surface area (Å²) >= 11 is 0. The third kappa shape index (κ3) is 9.04. The second-order valence-corrected chi connectivity index (χ2v) is 6.83. The first-order chi connectivity index (χ1) is 11.0. The van der Waals surface area contributed by atoms with Crippen LogP contribution in [0.2, 0.25) is 0 Å². The summed E-state index contributed by atoms with van der Waals surface area (Å²) in [7, 11) is 0. The minimum atomic E-state index is -0.449. The van der Waals surface area contributed by atoms with E-state index in [2.05, 4.69) is 46.7 Å². The van der Waals surface area contributed by atoms with Crippen molar-refractivity contribution in [3.63, 3.8) is 0 Å². The van der Waals surface area contributed by atoms with Crippen molar-refractivity contribution in [1.29, 1.82) is 0 Å². The molecule has 4 nitrogen and oxygen atoms in total. The van der Waals surface area contributed by atoms with Gasteiger partial charge in [0.25, 0.3) is 0 Å². The normalized spacial score (nSPS) is 17.2. The molecule has 0 aliphatic carbocycles. The highest BCUT2D eigenvalue weighted by Crippen LogP contribution is 2.12. The largest absolute Gasteiger partial charge is 0.389 e. The molecule has 2 rings (SSSR count). The Balaban J connectivity index is 0.00000288. The van der Waals surface area contributed by atoms with E-state index in [0.29, 0.717) is 13.2 Å². The lowest BCUT2D eigenvalue weighted by Crippen LogP contribution is -2.48. The fourth-order valence-electron chi connectivity index (χ4n) is 2.69. The summed E-state index contributed by atoms with van der Waals surface area (Å²) in [4.78, 5) is 4.78. The van der Waals surface area contributed by atoms with Gasteiger partial charge in [-0.15, -0.1) is 31.4 Å². The van der Waals surface area contributed by atoms with Gasteiger partial charge in [0.05, 0.1) is 18.3 Å². The minimum absolute atomic E-state index is 0. The van der Waals surface area contributed by atoms with Gasteiger partial charge in [-0.2, -0.15) is 0 Å². The van der Waals surface area contributed by atoms with Crippen molar-refractivity contribution in [1.82, 2.24) is 9.80 Å². The Labute approximate surface area is 164 Å². The highest BCUT2D eigenvalue weighted by Gasteiger charge is 2.21. The van der Waals surface area contributed by atoms with Crippen LogP contribution in [0.5, 0.6) is 0 Å². The summed E-state index contributed by atoms with van der Waals surface area (Å²) < 4.78 is 5.68. The Morgan fingerprint density at radius 2 is 1.68 bits per heavy atom. The van der Waals surface area contributed by atoms with Gasteiger partial charge in [-0.05, 0) is 19.4 Å². The maximum atomic E-state index is 10.1. The smallest absolute Gasteiger partial charge is 0.0900 e. The van der Waals surface area contributed by atoms with Crippen LogP contribution in [0.3, 0.4) is 0 Å². The van der Waals surface area contributed by atoms with E-state index < -0.39 is 6.10 Å². The monoisotopic (exact) mass is 390 g/mol. The van der Waals surface area contributed by atoms with Crippen LogP contribution in [0, 0.1) is 0 Å². The third-order valence-corrected chi connectivity index (χ3v) is 4.32. The SMILES string of the molecule is C=CC(C)(C)OCC(O)CN1CCN(Cc2ccccc2)CC1.Cl.Cl. The summed E-state index contributed by atoms with van der Waals surface area (Å²) in [5, 5.41) is 10.1. The van der Waals surface area contributed by atoms with Crippen LogP contribution in [0.4, 0.5) is 0 Å². The molecule has 1 N–H and O–H groups in total. The molecule has 0 bridgehead atoms. The second kappa shape index (κ2) is 11.9. The predicted molar refractivity (Wildman–Crippen MR) is 109 cm³/mol. The number of benzene rings is 1. The maximum absolute atomic E-state index is 10.1. The van der Waals surface area contributed by atoms with Gasteiger partial charge < -0.3 is 9.84 Å². The number of nitrogens with zero attached hydrogens (tertiary/aromatic N) is 2. The number of β-amino-alcohol motifs (C(OH)–C–C–N with tert-alkyl or cyclic N) is 1. The first kappa shape index (κ1) is 24.4. The summed E-state index contributed by atoms with van der Waals surface area (Å²) in [6.07, 6.45) is 1.32. The number of aliphatic hydroxyl groups is 1. The third-order valence-electron chi connectivity index (χ3n) is 4.32. The minimum Gasteiger partial charge on any atom is -0.389 e. The average molecular weight is 391 g/mol. The first-order valence-corrected chi connectivity index (χ1v) is 8.43. The van der Waals surface area contributed by atoms with Gasteiger partial charge in [-0.25, -0.2) is 0 Å². The lowest BCUT2D eigenvalue weighted by Gasteiger charge is -2.36. The fraction of sp³-hybridized carbons (Fsp3) is 0.579. The van der Waals surface area contributed by atoms with Gasteiger partial charge in [0.2, 0.25) is 0 Å². The van der Waals surface area contributed by atoms with Crippen molar-refractivity contribution in [3.8, 4) is 0 Å². The van der Waals surface area contributed by atoms with Crippen LogP contribution >= 0.6 is 24.8 Å². The Morgan fingerprint density at radius 1 is 1.12 bits per heavy atom. The molecule has 144 valence electrons. The van der Waals surface area contributed by atoms with Gasteiger partial charge in [0.15, 0.2) is 0 Å². The van der Waals surface area contributed by atoms with E-state index in [1.807, 2.05) is 13.8 Å². The topological polar surface area (TPSA) is 35.9 Å². The fourth-order valence-corrected chi connectivity index (χ4v) is 2.69. The van der Waals surface area contributed by atoms with Crippen molar-refractivity contribution in [2.45, 2.75) is 32.1 Å². The number of aliphatic hydroxyl groups excluding tert-OH is 1. The molecular weight excluding hydrogens is 359 g/mol. The van der Waals surface area contributed by atoms with E-state index in [-0.39, 0.29) is 30.4 Å². The number of hydrogen-bond acceptors (Lipinski definition) is 4. The summed E-state index contributed by atoms with van der Waals surface area (Å²) in [5.74, 6) is 0. The summed E-state index contributed by atoms with van der Waals surface area (Å²) in [5.41, 5.74) is 0.982. The molecule has 0 saturated carbocycles. The number of piperazine rings is 1. The van der Waals surface area contributed by atoms with Gasteiger partial charge in [-0.3, -0.25) is 9.80 Å².